The third-order valence-electron chi connectivity index (χ3n) is 4.95. The van der Waals surface area contributed by atoms with Gasteiger partial charge in [0, 0.05) is 31.7 Å². The molecule has 1 amide bonds. The molecule has 2 heterocycles. The number of hydrazone groups is 1. The van der Waals surface area contributed by atoms with Gasteiger partial charge in [-0.15, -0.1) is 0 Å². The summed E-state index contributed by atoms with van der Waals surface area (Å²) in [5.41, 5.74) is 4.69. The molecule has 1 aliphatic heterocycles. The Morgan fingerprint density at radius 1 is 1.26 bits per heavy atom. The summed E-state index contributed by atoms with van der Waals surface area (Å²) in [4.78, 5) is 16.5. The molecule has 0 radical (unpaired) electrons. The van der Waals surface area contributed by atoms with Crippen LogP contribution in [-0.2, 0) is 0 Å². The zero-order valence-electron chi connectivity index (χ0n) is 16.0. The lowest BCUT2D eigenvalue weighted by atomic mass is 10.1. The minimum Gasteiger partial charge on any atom is -0.469 e. The van der Waals surface area contributed by atoms with E-state index in [0.29, 0.717) is 28.3 Å². The van der Waals surface area contributed by atoms with Crippen molar-refractivity contribution in [3.05, 3.63) is 53.2 Å². The van der Waals surface area contributed by atoms with Crippen LogP contribution in [0, 0.1) is 12.7 Å². The number of nitrogens with one attached hydrogen (secondary N) is 1. The summed E-state index contributed by atoms with van der Waals surface area (Å²) in [5, 5.41) is 4.08. The molecule has 144 valence electrons. The Morgan fingerprint density at radius 2 is 2.00 bits per heavy atom. The van der Waals surface area contributed by atoms with Crippen LogP contribution in [0.1, 0.15) is 35.5 Å². The second kappa shape index (κ2) is 8.35. The summed E-state index contributed by atoms with van der Waals surface area (Å²) in [6.45, 7) is 10.1. The van der Waals surface area contributed by atoms with Crippen molar-refractivity contribution >= 4 is 17.3 Å². The molecule has 27 heavy (non-hydrogen) atoms. The highest BCUT2D eigenvalue weighted by Crippen LogP contribution is 2.22. The standard InChI is InChI=1S/C20H25FN4O2/c1-4-24-8-10-25(11-9-24)19-6-5-16(13-18(19)21)14(2)22-23-20(26)17-7-12-27-15(17)3/h5-7,12-13H,4,8-11H2,1-3H3,(H,23,26)/b22-14-. The zero-order valence-corrected chi connectivity index (χ0v) is 16.0. The van der Waals surface area contributed by atoms with E-state index in [1.165, 1.54) is 12.3 Å². The monoisotopic (exact) mass is 372 g/mol. The Kier molecular flexibility index (Phi) is 5.91. The Hall–Kier alpha value is -2.67. The number of halogens is 1. The van der Waals surface area contributed by atoms with Gasteiger partial charge in [0.1, 0.15) is 11.6 Å². The van der Waals surface area contributed by atoms with E-state index in [1.54, 1.807) is 26.0 Å². The maximum absolute atomic E-state index is 14.6. The summed E-state index contributed by atoms with van der Waals surface area (Å²) in [5.74, 6) is -0.102. The van der Waals surface area contributed by atoms with E-state index in [4.69, 9.17) is 4.42 Å². The minimum absolute atomic E-state index is 0.274. The number of likely N-dealkylation sites (N-methyl/N-ethyl adjacent to an activating group) is 1. The van der Waals surface area contributed by atoms with Gasteiger partial charge in [-0.25, -0.2) is 9.82 Å². The topological polar surface area (TPSA) is 61.1 Å². The summed E-state index contributed by atoms with van der Waals surface area (Å²) in [6, 6.07) is 6.67. The molecule has 0 aliphatic carbocycles. The van der Waals surface area contributed by atoms with Crippen molar-refractivity contribution in [1.29, 1.82) is 0 Å². The van der Waals surface area contributed by atoms with Crippen LogP contribution in [0.4, 0.5) is 10.1 Å². The Bertz CT molecular complexity index is 838. The fraction of sp³-hybridized carbons (Fsp3) is 0.400. The molecule has 1 fully saturated rings. The van der Waals surface area contributed by atoms with Crippen LogP contribution in [0.2, 0.25) is 0 Å². The molecule has 1 saturated heterocycles. The molecular weight excluding hydrogens is 347 g/mol. The quantitative estimate of drug-likeness (QED) is 0.647. The predicted octanol–water partition coefficient (Wildman–Crippen LogP) is 3.02. The number of amides is 1. The van der Waals surface area contributed by atoms with E-state index in [2.05, 4.69) is 27.3 Å². The number of carbonyl (C=O) groups excluding carboxylic acids is 1. The highest BCUT2D eigenvalue weighted by atomic mass is 19.1. The van der Waals surface area contributed by atoms with Crippen LogP contribution in [0.25, 0.3) is 0 Å². The number of benzene rings is 1. The first-order valence-corrected chi connectivity index (χ1v) is 9.15. The molecule has 2 aromatic rings. The number of piperazine rings is 1. The molecule has 0 spiro atoms. The van der Waals surface area contributed by atoms with Gasteiger partial charge in [-0.05, 0) is 38.6 Å². The summed E-state index contributed by atoms with van der Waals surface area (Å²) in [7, 11) is 0. The van der Waals surface area contributed by atoms with Gasteiger partial charge >= 0.3 is 0 Å². The van der Waals surface area contributed by atoms with Crippen molar-refractivity contribution in [3.63, 3.8) is 0 Å². The van der Waals surface area contributed by atoms with E-state index >= 15 is 0 Å². The minimum atomic E-state index is -0.355. The van der Waals surface area contributed by atoms with Gasteiger partial charge < -0.3 is 14.2 Å². The lowest BCUT2D eigenvalue weighted by Gasteiger charge is -2.35. The third-order valence-corrected chi connectivity index (χ3v) is 4.95. The van der Waals surface area contributed by atoms with E-state index < -0.39 is 0 Å². The van der Waals surface area contributed by atoms with E-state index in [-0.39, 0.29) is 11.7 Å². The normalized spacial score (nSPS) is 15.9. The molecule has 6 nitrogen and oxygen atoms in total. The highest BCUT2D eigenvalue weighted by molar-refractivity contribution is 6.01. The predicted molar refractivity (Wildman–Crippen MR) is 104 cm³/mol. The van der Waals surface area contributed by atoms with Crippen LogP contribution >= 0.6 is 0 Å². The molecule has 0 bridgehead atoms. The second-order valence-corrected chi connectivity index (χ2v) is 6.62. The number of nitrogens with zero attached hydrogens (tertiary/aromatic N) is 3. The van der Waals surface area contributed by atoms with Gasteiger partial charge in [-0.1, -0.05) is 13.0 Å². The fourth-order valence-corrected chi connectivity index (χ4v) is 3.17. The smallest absolute Gasteiger partial charge is 0.274 e. The molecule has 3 rings (SSSR count). The van der Waals surface area contributed by atoms with Crippen molar-refractivity contribution in [1.82, 2.24) is 10.3 Å². The molecule has 1 N–H and O–H groups in total. The molecule has 0 atom stereocenters. The average Bonchev–Trinajstić information content (AvgIpc) is 3.12. The maximum Gasteiger partial charge on any atom is 0.274 e. The van der Waals surface area contributed by atoms with Crippen LogP contribution < -0.4 is 10.3 Å². The Morgan fingerprint density at radius 3 is 2.59 bits per heavy atom. The van der Waals surface area contributed by atoms with E-state index in [0.717, 1.165) is 32.7 Å². The number of rotatable bonds is 5. The molecule has 0 saturated carbocycles. The van der Waals surface area contributed by atoms with Crippen molar-refractivity contribution in [2.24, 2.45) is 5.10 Å². The number of carbonyl (C=O) groups is 1. The summed E-state index contributed by atoms with van der Waals surface area (Å²) in [6.07, 6.45) is 1.45. The van der Waals surface area contributed by atoms with Crippen LogP contribution in [0.5, 0.6) is 0 Å². The van der Waals surface area contributed by atoms with Gasteiger partial charge in [0.25, 0.3) is 5.91 Å². The number of hydrogen-bond donors (Lipinski definition) is 1. The van der Waals surface area contributed by atoms with Crippen molar-refractivity contribution in [2.45, 2.75) is 20.8 Å². The average molecular weight is 372 g/mol. The van der Waals surface area contributed by atoms with Gasteiger partial charge in [-0.3, -0.25) is 4.79 Å². The third kappa shape index (κ3) is 4.36. The van der Waals surface area contributed by atoms with Crippen LogP contribution in [0.3, 0.4) is 0 Å². The first-order chi connectivity index (χ1) is 13.0. The van der Waals surface area contributed by atoms with E-state index in [9.17, 15) is 9.18 Å². The molecule has 0 unspecified atom stereocenters. The van der Waals surface area contributed by atoms with Crippen LogP contribution in [-0.4, -0.2) is 49.2 Å². The Balaban J connectivity index is 1.67. The molecule has 1 aromatic carbocycles. The Labute approximate surface area is 158 Å². The summed E-state index contributed by atoms with van der Waals surface area (Å²) < 4.78 is 19.7. The summed E-state index contributed by atoms with van der Waals surface area (Å²) >= 11 is 0. The van der Waals surface area contributed by atoms with Gasteiger partial charge in [0.05, 0.1) is 23.2 Å². The molecule has 1 aliphatic rings. The zero-order chi connectivity index (χ0) is 19.4. The van der Waals surface area contributed by atoms with Gasteiger partial charge in [0.2, 0.25) is 0 Å². The van der Waals surface area contributed by atoms with Crippen molar-refractivity contribution in [3.8, 4) is 0 Å². The maximum atomic E-state index is 14.6. The SMILES string of the molecule is CCN1CCN(c2ccc(/C(C)=N\NC(=O)c3ccoc3C)cc2F)CC1. The van der Waals surface area contributed by atoms with Gasteiger partial charge in [0.15, 0.2) is 0 Å². The largest absolute Gasteiger partial charge is 0.469 e. The van der Waals surface area contributed by atoms with E-state index in [1.807, 2.05) is 6.07 Å². The molecule has 7 heteroatoms. The molecular formula is C20H25FN4O2. The fourth-order valence-electron chi connectivity index (χ4n) is 3.17. The lowest BCUT2D eigenvalue weighted by Crippen LogP contribution is -2.46. The number of hydrogen-bond acceptors (Lipinski definition) is 5. The first-order valence-electron chi connectivity index (χ1n) is 9.15. The van der Waals surface area contributed by atoms with Crippen molar-refractivity contribution < 1.29 is 13.6 Å². The second-order valence-electron chi connectivity index (χ2n) is 6.62. The highest BCUT2D eigenvalue weighted by Gasteiger charge is 2.19. The van der Waals surface area contributed by atoms with Crippen molar-refractivity contribution in [2.75, 3.05) is 37.6 Å². The van der Waals surface area contributed by atoms with Crippen LogP contribution in [0.15, 0.2) is 40.0 Å². The first kappa shape index (κ1) is 19.1. The van der Waals surface area contributed by atoms with Gasteiger partial charge in [-0.2, -0.15) is 5.10 Å². The number of furan rings is 1. The number of aryl methyl sites for hydroxylation is 1. The lowest BCUT2D eigenvalue weighted by molar-refractivity contribution is 0.0953. The molecule has 1 aromatic heterocycles. The number of anilines is 1.